The van der Waals surface area contributed by atoms with Gasteiger partial charge in [-0.15, -0.1) is 11.3 Å². The zero-order valence-corrected chi connectivity index (χ0v) is 14.3. The van der Waals surface area contributed by atoms with Crippen LogP contribution in [-0.4, -0.2) is 29.1 Å². The first kappa shape index (κ1) is 16.0. The van der Waals surface area contributed by atoms with Gasteiger partial charge in [-0.3, -0.25) is 4.79 Å². The number of piperidine rings is 1. The molecule has 2 aromatic heterocycles. The molecule has 6 heteroatoms. The van der Waals surface area contributed by atoms with Gasteiger partial charge < -0.3 is 10.0 Å². The molecule has 0 aliphatic carbocycles. The van der Waals surface area contributed by atoms with Crippen LogP contribution in [0, 0.1) is 11.7 Å². The van der Waals surface area contributed by atoms with E-state index < -0.39 is 5.97 Å². The summed E-state index contributed by atoms with van der Waals surface area (Å²) >= 11 is 1.64. The highest BCUT2D eigenvalue weighted by Crippen LogP contribution is 2.36. The topological polar surface area (TPSA) is 53.4 Å². The minimum absolute atomic E-state index is 0.256. The van der Waals surface area contributed by atoms with Gasteiger partial charge in [-0.2, -0.15) is 0 Å². The third-order valence-corrected chi connectivity index (χ3v) is 5.64. The second kappa shape index (κ2) is 6.44. The van der Waals surface area contributed by atoms with Crippen molar-refractivity contribution < 1.29 is 14.3 Å². The van der Waals surface area contributed by atoms with Crippen LogP contribution in [0.15, 0.2) is 41.8 Å². The molecule has 1 fully saturated rings. The third kappa shape index (κ3) is 3.09. The summed E-state index contributed by atoms with van der Waals surface area (Å²) in [4.78, 5) is 18.1. The van der Waals surface area contributed by atoms with Crippen molar-refractivity contribution in [3.8, 4) is 11.3 Å². The summed E-state index contributed by atoms with van der Waals surface area (Å²) in [5.74, 6) is -1.23. The molecule has 0 spiro atoms. The number of carbonyl (C=O) groups is 1. The molecule has 4 rings (SSSR count). The molecule has 1 aromatic carbocycles. The van der Waals surface area contributed by atoms with Crippen molar-refractivity contribution in [2.75, 3.05) is 18.0 Å². The van der Waals surface area contributed by atoms with Gasteiger partial charge >= 0.3 is 5.97 Å². The fraction of sp³-hybridized carbons (Fsp3) is 0.263. The summed E-state index contributed by atoms with van der Waals surface area (Å²) in [7, 11) is 0. The molecule has 1 N–H and O–H groups in total. The number of benzene rings is 1. The Hall–Kier alpha value is -2.47. The van der Waals surface area contributed by atoms with Crippen LogP contribution in [0.2, 0.25) is 0 Å². The second-order valence-corrected chi connectivity index (χ2v) is 7.18. The number of anilines is 1. The van der Waals surface area contributed by atoms with E-state index in [1.54, 1.807) is 23.5 Å². The number of aliphatic carboxylic acids is 1. The number of hydrogen-bond donors (Lipinski definition) is 1. The average Bonchev–Trinajstić information content (AvgIpc) is 3.10. The largest absolute Gasteiger partial charge is 0.481 e. The number of hydrogen-bond acceptors (Lipinski definition) is 4. The molecule has 1 aliphatic rings. The Labute approximate surface area is 148 Å². The first-order valence-electron chi connectivity index (χ1n) is 8.24. The lowest BCUT2D eigenvalue weighted by atomic mass is 9.96. The van der Waals surface area contributed by atoms with Crippen molar-refractivity contribution in [1.82, 2.24) is 4.98 Å². The standard InChI is InChI=1S/C19H17FN2O2S/c20-14-3-1-12(2-4-14)16-11-17(18-15(21-16)7-10-25-18)22-8-5-13(6-9-22)19(23)24/h1-4,7,10-11,13H,5-6,8-9H2,(H,23,24). The van der Waals surface area contributed by atoms with Gasteiger partial charge in [0.25, 0.3) is 0 Å². The number of thiophene rings is 1. The molecular formula is C19H17FN2O2S. The molecule has 0 amide bonds. The van der Waals surface area contributed by atoms with Gasteiger partial charge in [-0.25, -0.2) is 9.37 Å². The number of carboxylic acids is 1. The first-order valence-corrected chi connectivity index (χ1v) is 9.12. The van der Waals surface area contributed by atoms with Crippen molar-refractivity contribution in [3.63, 3.8) is 0 Å². The molecule has 3 aromatic rings. The molecule has 0 atom stereocenters. The summed E-state index contributed by atoms with van der Waals surface area (Å²) in [6.45, 7) is 1.44. The summed E-state index contributed by atoms with van der Waals surface area (Å²) in [6, 6.07) is 10.4. The van der Waals surface area contributed by atoms with E-state index in [2.05, 4.69) is 4.90 Å². The number of aromatic nitrogens is 1. The first-order chi connectivity index (χ1) is 12.1. The summed E-state index contributed by atoms with van der Waals surface area (Å²) in [5, 5.41) is 11.2. The number of fused-ring (bicyclic) bond motifs is 1. The Morgan fingerprint density at radius 3 is 2.60 bits per heavy atom. The van der Waals surface area contributed by atoms with E-state index in [0.717, 1.165) is 40.3 Å². The van der Waals surface area contributed by atoms with Gasteiger partial charge in [-0.05, 0) is 54.6 Å². The molecular weight excluding hydrogens is 339 g/mol. The highest BCUT2D eigenvalue weighted by atomic mass is 32.1. The van der Waals surface area contributed by atoms with E-state index in [1.165, 1.54) is 12.1 Å². The average molecular weight is 356 g/mol. The summed E-state index contributed by atoms with van der Waals surface area (Å²) in [5.41, 5.74) is 3.68. The van der Waals surface area contributed by atoms with E-state index in [0.29, 0.717) is 12.8 Å². The highest BCUT2D eigenvalue weighted by Gasteiger charge is 2.26. The van der Waals surface area contributed by atoms with Crippen LogP contribution in [-0.2, 0) is 4.79 Å². The van der Waals surface area contributed by atoms with Gasteiger partial charge in [0.05, 0.1) is 27.5 Å². The Morgan fingerprint density at radius 1 is 1.20 bits per heavy atom. The zero-order valence-electron chi connectivity index (χ0n) is 13.5. The molecule has 1 aliphatic heterocycles. The van der Waals surface area contributed by atoms with Crippen molar-refractivity contribution >= 4 is 33.2 Å². The Bertz CT molecular complexity index is 915. The molecule has 0 bridgehead atoms. The minimum atomic E-state index is -0.706. The molecule has 1 saturated heterocycles. The molecule has 4 nitrogen and oxygen atoms in total. The smallest absolute Gasteiger partial charge is 0.306 e. The molecule has 128 valence electrons. The van der Waals surface area contributed by atoms with Crippen molar-refractivity contribution in [2.45, 2.75) is 12.8 Å². The molecule has 0 unspecified atom stereocenters. The van der Waals surface area contributed by atoms with E-state index in [9.17, 15) is 14.3 Å². The number of nitrogens with zero attached hydrogens (tertiary/aromatic N) is 2. The highest BCUT2D eigenvalue weighted by molar-refractivity contribution is 7.17. The fourth-order valence-corrected chi connectivity index (χ4v) is 4.19. The zero-order chi connectivity index (χ0) is 17.4. The fourth-order valence-electron chi connectivity index (χ4n) is 3.31. The summed E-state index contributed by atoms with van der Waals surface area (Å²) < 4.78 is 14.3. The van der Waals surface area contributed by atoms with E-state index >= 15 is 0 Å². The van der Waals surface area contributed by atoms with Gasteiger partial charge in [0.1, 0.15) is 5.82 Å². The second-order valence-electron chi connectivity index (χ2n) is 6.27. The van der Waals surface area contributed by atoms with Crippen molar-refractivity contribution in [2.24, 2.45) is 5.92 Å². The molecule has 0 saturated carbocycles. The quantitative estimate of drug-likeness (QED) is 0.755. The van der Waals surface area contributed by atoms with E-state index in [-0.39, 0.29) is 11.7 Å². The predicted octanol–water partition coefficient (Wildman–Crippen LogP) is 4.40. The Balaban J connectivity index is 1.72. The maximum Gasteiger partial charge on any atom is 0.306 e. The van der Waals surface area contributed by atoms with Crippen LogP contribution >= 0.6 is 11.3 Å². The van der Waals surface area contributed by atoms with Crippen LogP contribution in [0.4, 0.5) is 10.1 Å². The molecule has 3 heterocycles. The van der Waals surface area contributed by atoms with Crippen LogP contribution in [0.25, 0.3) is 21.5 Å². The van der Waals surface area contributed by atoms with Crippen LogP contribution in [0.3, 0.4) is 0 Å². The molecule has 0 radical (unpaired) electrons. The van der Waals surface area contributed by atoms with Gasteiger partial charge in [0.2, 0.25) is 0 Å². The lowest BCUT2D eigenvalue weighted by Crippen LogP contribution is -2.36. The maximum absolute atomic E-state index is 13.2. The monoisotopic (exact) mass is 356 g/mol. The lowest BCUT2D eigenvalue weighted by Gasteiger charge is -2.32. The van der Waals surface area contributed by atoms with Crippen molar-refractivity contribution in [3.05, 3.63) is 47.6 Å². The number of pyridine rings is 1. The SMILES string of the molecule is O=C(O)C1CCN(c2cc(-c3ccc(F)cc3)nc3ccsc23)CC1. The minimum Gasteiger partial charge on any atom is -0.481 e. The maximum atomic E-state index is 13.2. The Morgan fingerprint density at radius 2 is 1.92 bits per heavy atom. The Kier molecular flexibility index (Phi) is 4.13. The van der Waals surface area contributed by atoms with E-state index in [4.69, 9.17) is 4.98 Å². The van der Waals surface area contributed by atoms with Crippen molar-refractivity contribution in [1.29, 1.82) is 0 Å². The molecule has 25 heavy (non-hydrogen) atoms. The van der Waals surface area contributed by atoms with Gasteiger partial charge in [0.15, 0.2) is 0 Å². The third-order valence-electron chi connectivity index (χ3n) is 4.72. The number of halogens is 1. The van der Waals surface area contributed by atoms with Crippen LogP contribution in [0.1, 0.15) is 12.8 Å². The lowest BCUT2D eigenvalue weighted by molar-refractivity contribution is -0.142. The van der Waals surface area contributed by atoms with Gasteiger partial charge in [0, 0.05) is 18.7 Å². The number of carboxylic acid groups (broad SMARTS) is 1. The normalized spacial score (nSPS) is 15.6. The van der Waals surface area contributed by atoms with Crippen LogP contribution < -0.4 is 4.90 Å². The van der Waals surface area contributed by atoms with E-state index in [1.807, 2.05) is 17.5 Å². The van der Waals surface area contributed by atoms with Gasteiger partial charge in [-0.1, -0.05) is 0 Å². The predicted molar refractivity (Wildman–Crippen MR) is 97.6 cm³/mol. The van der Waals surface area contributed by atoms with Crippen LogP contribution in [0.5, 0.6) is 0 Å². The number of rotatable bonds is 3. The summed E-state index contributed by atoms with van der Waals surface area (Å²) in [6.07, 6.45) is 1.30.